The van der Waals surface area contributed by atoms with Gasteiger partial charge in [0.2, 0.25) is 0 Å². The monoisotopic (exact) mass is 293 g/mol. The molecule has 5 N–H and O–H groups in total. The van der Waals surface area contributed by atoms with Gasteiger partial charge in [-0.3, -0.25) is 4.57 Å². The lowest BCUT2D eigenvalue weighted by Gasteiger charge is -2.16. The third kappa shape index (κ3) is 1.57. The molecule has 1 aliphatic heterocycles. The number of ether oxygens (including phenoxy) is 1. The summed E-state index contributed by atoms with van der Waals surface area (Å²) in [7, 11) is 0. The summed E-state index contributed by atoms with van der Waals surface area (Å²) < 4.78 is 7.37. The van der Waals surface area contributed by atoms with Crippen molar-refractivity contribution in [3.05, 3.63) is 12.7 Å². The Hall–Kier alpha value is -1.81. The van der Waals surface area contributed by atoms with Crippen LogP contribution in [0.1, 0.15) is 12.6 Å². The van der Waals surface area contributed by atoms with Crippen molar-refractivity contribution < 1.29 is 20.1 Å². The highest BCUT2D eigenvalue weighted by Gasteiger charge is 2.68. The molecule has 2 aromatic rings. The van der Waals surface area contributed by atoms with E-state index in [0.717, 1.165) is 0 Å². The fraction of sp³-hybridized carbons (Fsp3) is 0.583. The number of aromatic nitrogens is 4. The van der Waals surface area contributed by atoms with E-state index in [4.69, 9.17) is 10.5 Å². The van der Waals surface area contributed by atoms with E-state index in [0.29, 0.717) is 17.6 Å². The zero-order chi connectivity index (χ0) is 14.8. The number of nitrogens with two attached hydrogens (primary N) is 1. The van der Waals surface area contributed by atoms with Gasteiger partial charge in [0.25, 0.3) is 0 Å². The average Bonchev–Trinajstić information content (AvgIpc) is 2.94. The second kappa shape index (κ2) is 4.10. The topological polar surface area (TPSA) is 140 Å². The van der Waals surface area contributed by atoms with Gasteiger partial charge in [-0.15, -0.1) is 0 Å². The molecular weight excluding hydrogens is 278 g/mol. The van der Waals surface area contributed by atoms with Crippen LogP contribution in [0.25, 0.3) is 11.2 Å². The second-order valence-corrected chi connectivity index (χ2v) is 5.57. The lowest BCUT2D eigenvalue weighted by molar-refractivity contribution is -0.0563. The summed E-state index contributed by atoms with van der Waals surface area (Å²) in [4.78, 5) is 12.1. The highest BCUT2D eigenvalue weighted by Crippen LogP contribution is 2.57. The van der Waals surface area contributed by atoms with Crippen molar-refractivity contribution in [3.63, 3.8) is 0 Å². The van der Waals surface area contributed by atoms with Gasteiger partial charge in [-0.2, -0.15) is 0 Å². The van der Waals surface area contributed by atoms with Crippen LogP contribution in [-0.4, -0.2) is 59.3 Å². The minimum absolute atomic E-state index is 0.0870. The van der Waals surface area contributed by atoms with Crippen LogP contribution in [0, 0.1) is 5.92 Å². The van der Waals surface area contributed by atoms with E-state index < -0.39 is 24.0 Å². The van der Waals surface area contributed by atoms with Gasteiger partial charge >= 0.3 is 0 Å². The van der Waals surface area contributed by atoms with Gasteiger partial charge < -0.3 is 25.8 Å². The maximum Gasteiger partial charge on any atom is 0.167 e. The number of hydrogen-bond acceptors (Lipinski definition) is 8. The van der Waals surface area contributed by atoms with Crippen LogP contribution in [0.4, 0.5) is 5.82 Å². The molecule has 1 aliphatic carbocycles. The Bertz CT molecular complexity index is 706. The molecule has 1 saturated heterocycles. The number of rotatable bonds is 2. The SMILES string of the molecule is Nc1ncnc2c1ncn2[C@@H]1O[C@]2(C[C@H]2CO)C(O)[C@@H]1O. The number of hydrogen-bond donors (Lipinski definition) is 4. The van der Waals surface area contributed by atoms with Crippen LogP contribution in [0.3, 0.4) is 0 Å². The normalized spacial score (nSPS) is 38.4. The average molecular weight is 293 g/mol. The van der Waals surface area contributed by atoms with Gasteiger partial charge in [-0.1, -0.05) is 0 Å². The molecule has 0 aromatic carbocycles. The molecule has 112 valence electrons. The Kier molecular flexibility index (Phi) is 2.52. The molecule has 2 aliphatic rings. The lowest BCUT2D eigenvalue weighted by atomic mass is 10.1. The largest absolute Gasteiger partial charge is 0.396 e. The number of nitrogens with zero attached hydrogens (tertiary/aromatic N) is 4. The van der Waals surface area contributed by atoms with E-state index in [-0.39, 0.29) is 18.3 Å². The van der Waals surface area contributed by atoms with Crippen LogP contribution in [-0.2, 0) is 4.74 Å². The number of nitrogen functional groups attached to an aromatic ring is 1. The molecule has 1 saturated carbocycles. The quantitative estimate of drug-likeness (QED) is 0.519. The molecule has 1 unspecified atom stereocenters. The van der Waals surface area contributed by atoms with Gasteiger partial charge in [0.05, 0.1) is 6.33 Å². The van der Waals surface area contributed by atoms with E-state index in [2.05, 4.69) is 15.0 Å². The molecule has 9 nitrogen and oxygen atoms in total. The highest BCUT2D eigenvalue weighted by atomic mass is 16.6. The van der Waals surface area contributed by atoms with Crippen LogP contribution in [0.15, 0.2) is 12.7 Å². The molecule has 1 spiro atoms. The van der Waals surface area contributed by atoms with Crippen molar-refractivity contribution in [1.29, 1.82) is 0 Å². The Labute approximate surface area is 119 Å². The summed E-state index contributed by atoms with van der Waals surface area (Å²) in [6.07, 6.45) is 0.257. The predicted octanol–water partition coefficient (Wildman–Crippen LogP) is -1.59. The first-order chi connectivity index (χ1) is 10.1. The third-order valence-electron chi connectivity index (χ3n) is 4.43. The first kappa shape index (κ1) is 12.9. The molecule has 0 bridgehead atoms. The second-order valence-electron chi connectivity index (χ2n) is 5.57. The fourth-order valence-electron chi connectivity index (χ4n) is 3.14. The van der Waals surface area contributed by atoms with E-state index in [1.165, 1.54) is 17.2 Å². The Morgan fingerprint density at radius 3 is 2.90 bits per heavy atom. The van der Waals surface area contributed by atoms with E-state index >= 15 is 0 Å². The zero-order valence-electron chi connectivity index (χ0n) is 11.0. The van der Waals surface area contributed by atoms with E-state index in [1.54, 1.807) is 0 Å². The molecule has 21 heavy (non-hydrogen) atoms. The third-order valence-corrected chi connectivity index (χ3v) is 4.43. The molecule has 3 heterocycles. The molecular formula is C12H15N5O4. The van der Waals surface area contributed by atoms with Crippen molar-refractivity contribution in [2.24, 2.45) is 5.92 Å². The van der Waals surface area contributed by atoms with Gasteiger partial charge in [0, 0.05) is 12.5 Å². The molecule has 4 rings (SSSR count). The fourth-order valence-corrected chi connectivity index (χ4v) is 3.14. The van der Waals surface area contributed by atoms with Crippen LogP contribution in [0.5, 0.6) is 0 Å². The number of aliphatic hydroxyl groups is 3. The summed E-state index contributed by atoms with van der Waals surface area (Å²) in [5.41, 5.74) is 5.69. The van der Waals surface area contributed by atoms with E-state index in [9.17, 15) is 15.3 Å². The van der Waals surface area contributed by atoms with Crippen LogP contribution in [0.2, 0.25) is 0 Å². The van der Waals surface area contributed by atoms with Gasteiger partial charge in [0.1, 0.15) is 29.7 Å². The molecule has 2 aromatic heterocycles. The number of fused-ring (bicyclic) bond motifs is 1. The molecule has 9 heteroatoms. The summed E-state index contributed by atoms with van der Waals surface area (Å²) in [5, 5.41) is 29.7. The smallest absolute Gasteiger partial charge is 0.167 e. The van der Waals surface area contributed by atoms with Gasteiger partial charge in [-0.25, -0.2) is 15.0 Å². The zero-order valence-corrected chi connectivity index (χ0v) is 11.0. The van der Waals surface area contributed by atoms with Crippen molar-refractivity contribution in [2.75, 3.05) is 12.3 Å². The summed E-state index contributed by atoms with van der Waals surface area (Å²) in [6.45, 7) is -0.0870. The number of aliphatic hydroxyl groups excluding tert-OH is 3. The van der Waals surface area contributed by atoms with Crippen LogP contribution >= 0.6 is 0 Å². The highest BCUT2D eigenvalue weighted by molar-refractivity contribution is 5.81. The minimum atomic E-state index is -1.13. The van der Waals surface area contributed by atoms with Gasteiger partial charge in [-0.05, 0) is 6.42 Å². The van der Waals surface area contributed by atoms with Crippen molar-refractivity contribution in [3.8, 4) is 0 Å². The van der Waals surface area contributed by atoms with E-state index in [1.807, 2.05) is 0 Å². The lowest BCUT2D eigenvalue weighted by Crippen LogP contribution is -2.34. The number of imidazole rings is 1. The Morgan fingerprint density at radius 2 is 2.19 bits per heavy atom. The first-order valence-corrected chi connectivity index (χ1v) is 6.66. The summed E-state index contributed by atoms with van der Waals surface area (Å²) in [6, 6.07) is 0. The molecule has 2 fully saturated rings. The molecule has 5 atom stereocenters. The first-order valence-electron chi connectivity index (χ1n) is 6.66. The Balaban J connectivity index is 1.75. The van der Waals surface area contributed by atoms with Crippen molar-refractivity contribution in [1.82, 2.24) is 19.5 Å². The van der Waals surface area contributed by atoms with Gasteiger partial charge in [0.15, 0.2) is 17.7 Å². The summed E-state index contributed by atoms with van der Waals surface area (Å²) >= 11 is 0. The maximum atomic E-state index is 10.3. The minimum Gasteiger partial charge on any atom is -0.396 e. The standard InChI is InChI=1S/C12H15N5O4/c13-9-6-10(15-3-14-9)17(4-16-6)11-7(19)8(20)12(21-11)1-5(12)2-18/h3-5,7-8,11,18-20H,1-2H2,(H2,13,14,15)/t5-,7-,8?,11+,12-/m0/s1. The van der Waals surface area contributed by atoms with Crippen LogP contribution < -0.4 is 5.73 Å². The molecule has 0 radical (unpaired) electrons. The molecule has 0 amide bonds. The summed E-state index contributed by atoms with van der Waals surface area (Å²) in [5.74, 6) is 0.0720. The number of anilines is 1. The van der Waals surface area contributed by atoms with Crippen molar-refractivity contribution >= 4 is 17.0 Å². The maximum absolute atomic E-state index is 10.3. The predicted molar refractivity (Wildman–Crippen MR) is 69.8 cm³/mol. The van der Waals surface area contributed by atoms with Crippen molar-refractivity contribution in [2.45, 2.75) is 30.5 Å². The Morgan fingerprint density at radius 1 is 1.38 bits per heavy atom.